The first-order valence-corrected chi connectivity index (χ1v) is 7.68. The lowest BCUT2D eigenvalue weighted by Crippen LogP contribution is -2.09. The molecule has 0 bridgehead atoms. The molecule has 0 fully saturated rings. The Morgan fingerprint density at radius 3 is 2.58 bits per heavy atom. The highest BCUT2D eigenvalue weighted by molar-refractivity contribution is 5.92. The van der Waals surface area contributed by atoms with Crippen LogP contribution in [-0.4, -0.2) is 5.97 Å². The van der Waals surface area contributed by atoms with Crippen LogP contribution in [0.2, 0.25) is 0 Å². The molecule has 0 aliphatic heterocycles. The van der Waals surface area contributed by atoms with E-state index in [-0.39, 0.29) is 16.9 Å². The van der Waals surface area contributed by atoms with E-state index < -0.39 is 11.8 Å². The van der Waals surface area contributed by atoms with E-state index in [1.54, 1.807) is 12.1 Å². The van der Waals surface area contributed by atoms with Crippen LogP contribution in [0.3, 0.4) is 0 Å². The maximum Gasteiger partial charge on any atom is 0.343 e. The van der Waals surface area contributed by atoms with Crippen LogP contribution in [0.1, 0.15) is 27.9 Å². The van der Waals surface area contributed by atoms with Gasteiger partial charge >= 0.3 is 11.6 Å². The second kappa shape index (κ2) is 5.60. The molecule has 1 aromatic heterocycles. The van der Waals surface area contributed by atoms with Crippen LogP contribution in [0.4, 0.5) is 4.39 Å². The Morgan fingerprint density at radius 1 is 1.04 bits per heavy atom. The topological polar surface area (TPSA) is 56.5 Å². The first-order valence-electron chi connectivity index (χ1n) is 7.68. The lowest BCUT2D eigenvalue weighted by molar-refractivity contribution is 0.0735. The highest BCUT2D eigenvalue weighted by atomic mass is 19.1. The van der Waals surface area contributed by atoms with Crippen molar-refractivity contribution in [1.29, 1.82) is 0 Å². The molecule has 24 heavy (non-hydrogen) atoms. The minimum atomic E-state index is -0.599. The summed E-state index contributed by atoms with van der Waals surface area (Å²) in [5, 5.41) is 0.878. The van der Waals surface area contributed by atoms with Crippen molar-refractivity contribution in [2.45, 2.75) is 19.3 Å². The average molecular weight is 324 g/mol. The Balaban J connectivity index is 1.68. The molecular formula is C19H13FO4. The van der Waals surface area contributed by atoms with Crippen LogP contribution in [0.25, 0.3) is 11.0 Å². The van der Waals surface area contributed by atoms with Crippen molar-refractivity contribution in [2.24, 2.45) is 0 Å². The van der Waals surface area contributed by atoms with E-state index in [2.05, 4.69) is 0 Å². The highest BCUT2D eigenvalue weighted by Crippen LogP contribution is 2.29. The third-order valence-electron chi connectivity index (χ3n) is 4.24. The molecule has 0 N–H and O–H groups in total. The number of carbonyl (C=O) groups is 1. The van der Waals surface area contributed by atoms with Crippen molar-refractivity contribution in [3.63, 3.8) is 0 Å². The fourth-order valence-corrected chi connectivity index (χ4v) is 3.08. The zero-order chi connectivity index (χ0) is 16.7. The predicted molar refractivity (Wildman–Crippen MR) is 85.9 cm³/mol. The van der Waals surface area contributed by atoms with Gasteiger partial charge in [0.15, 0.2) is 0 Å². The molecule has 0 unspecified atom stereocenters. The van der Waals surface area contributed by atoms with Crippen molar-refractivity contribution in [3.8, 4) is 5.75 Å². The van der Waals surface area contributed by atoms with Gasteiger partial charge in [-0.2, -0.15) is 0 Å². The number of aryl methyl sites for hydroxylation is 1. The summed E-state index contributed by atoms with van der Waals surface area (Å²) in [6, 6.07) is 10.1. The van der Waals surface area contributed by atoms with Crippen LogP contribution in [-0.2, 0) is 12.8 Å². The van der Waals surface area contributed by atoms with Gasteiger partial charge in [-0.05, 0) is 61.2 Å². The van der Waals surface area contributed by atoms with Gasteiger partial charge in [0, 0.05) is 17.0 Å². The molecule has 1 heterocycles. The molecule has 0 atom stereocenters. The van der Waals surface area contributed by atoms with E-state index in [4.69, 9.17) is 9.15 Å². The Morgan fingerprint density at radius 2 is 1.79 bits per heavy atom. The van der Waals surface area contributed by atoms with Crippen LogP contribution in [0.15, 0.2) is 51.7 Å². The second-order valence-electron chi connectivity index (χ2n) is 5.75. The average Bonchev–Trinajstić information content (AvgIpc) is 3.06. The Kier molecular flexibility index (Phi) is 3.41. The number of benzene rings is 2. The molecule has 0 spiro atoms. The minimum absolute atomic E-state index is 0.243. The number of halogens is 1. The predicted octanol–water partition coefficient (Wildman–Crippen LogP) is 3.64. The Labute approximate surface area is 136 Å². The van der Waals surface area contributed by atoms with E-state index >= 15 is 0 Å². The maximum absolute atomic E-state index is 12.9. The number of rotatable bonds is 2. The molecular weight excluding hydrogens is 311 g/mol. The summed E-state index contributed by atoms with van der Waals surface area (Å²) in [6.45, 7) is 0. The van der Waals surface area contributed by atoms with Crippen LogP contribution in [0, 0.1) is 5.82 Å². The first-order chi connectivity index (χ1) is 11.6. The summed E-state index contributed by atoms with van der Waals surface area (Å²) >= 11 is 0. The number of hydrogen-bond acceptors (Lipinski definition) is 4. The van der Waals surface area contributed by atoms with Gasteiger partial charge in [-0.1, -0.05) is 0 Å². The third-order valence-corrected chi connectivity index (χ3v) is 4.24. The van der Waals surface area contributed by atoms with Gasteiger partial charge in [-0.25, -0.2) is 14.0 Å². The third kappa shape index (κ3) is 2.48. The highest BCUT2D eigenvalue weighted by Gasteiger charge is 2.20. The standard InChI is InChI=1S/C19H13FO4/c20-12-6-4-11(5-7-12)18(21)23-13-8-9-15-14-2-1-3-16(14)19(22)24-17(15)10-13/h4-10H,1-3H2. The van der Waals surface area contributed by atoms with E-state index in [9.17, 15) is 14.0 Å². The molecule has 5 heteroatoms. The molecule has 0 amide bonds. The van der Waals surface area contributed by atoms with Gasteiger partial charge in [0.25, 0.3) is 0 Å². The lowest BCUT2D eigenvalue weighted by atomic mass is 10.1. The summed E-state index contributed by atoms with van der Waals surface area (Å²) < 4.78 is 23.5. The summed E-state index contributed by atoms with van der Waals surface area (Å²) in [5.41, 5.74) is 2.10. The molecule has 0 saturated heterocycles. The largest absolute Gasteiger partial charge is 0.423 e. The molecule has 1 aliphatic rings. The molecule has 2 aromatic carbocycles. The monoisotopic (exact) mass is 324 g/mol. The van der Waals surface area contributed by atoms with Crippen molar-refractivity contribution in [3.05, 3.63) is 75.4 Å². The number of esters is 1. The first kappa shape index (κ1) is 14.6. The molecule has 4 nitrogen and oxygen atoms in total. The number of carbonyl (C=O) groups excluding carboxylic acids is 1. The quantitative estimate of drug-likeness (QED) is 0.410. The number of fused-ring (bicyclic) bond motifs is 3. The zero-order valence-corrected chi connectivity index (χ0v) is 12.7. The fourth-order valence-electron chi connectivity index (χ4n) is 3.08. The van der Waals surface area contributed by atoms with E-state index in [1.807, 2.05) is 0 Å². The Hall–Kier alpha value is -2.95. The Bertz CT molecular complexity index is 1000. The maximum atomic E-state index is 12.9. The number of hydrogen-bond donors (Lipinski definition) is 0. The van der Waals surface area contributed by atoms with Gasteiger partial charge in [0.05, 0.1) is 5.56 Å². The summed E-state index contributed by atoms with van der Waals surface area (Å²) in [7, 11) is 0. The second-order valence-corrected chi connectivity index (χ2v) is 5.75. The van der Waals surface area contributed by atoms with Crippen molar-refractivity contribution >= 4 is 16.9 Å². The molecule has 1 aliphatic carbocycles. The fraction of sp³-hybridized carbons (Fsp3) is 0.158. The smallest absolute Gasteiger partial charge is 0.343 e. The van der Waals surface area contributed by atoms with Crippen LogP contribution < -0.4 is 10.4 Å². The van der Waals surface area contributed by atoms with Crippen molar-refractivity contribution in [1.82, 2.24) is 0 Å². The minimum Gasteiger partial charge on any atom is -0.423 e. The number of ether oxygens (including phenoxy) is 1. The van der Waals surface area contributed by atoms with Crippen LogP contribution in [0.5, 0.6) is 5.75 Å². The van der Waals surface area contributed by atoms with Crippen molar-refractivity contribution in [2.75, 3.05) is 0 Å². The lowest BCUT2D eigenvalue weighted by Gasteiger charge is -2.07. The molecule has 0 saturated carbocycles. The zero-order valence-electron chi connectivity index (χ0n) is 12.7. The summed E-state index contributed by atoms with van der Waals surface area (Å²) in [5.74, 6) is -0.747. The van der Waals surface area contributed by atoms with Gasteiger partial charge in [-0.15, -0.1) is 0 Å². The van der Waals surface area contributed by atoms with E-state index in [0.29, 0.717) is 5.58 Å². The normalized spacial score (nSPS) is 13.0. The van der Waals surface area contributed by atoms with Crippen molar-refractivity contribution < 1.29 is 18.3 Å². The van der Waals surface area contributed by atoms with E-state index in [0.717, 1.165) is 35.8 Å². The SMILES string of the molecule is O=C(Oc1ccc2c3c(c(=O)oc2c1)CCC3)c1ccc(F)cc1. The van der Waals surface area contributed by atoms with Crippen LogP contribution >= 0.6 is 0 Å². The molecule has 0 radical (unpaired) electrons. The van der Waals surface area contributed by atoms with E-state index in [1.165, 1.54) is 30.3 Å². The summed E-state index contributed by atoms with van der Waals surface area (Å²) in [4.78, 5) is 24.1. The molecule has 4 rings (SSSR count). The molecule has 120 valence electrons. The summed E-state index contributed by atoms with van der Waals surface area (Å²) in [6.07, 6.45) is 2.54. The van der Waals surface area contributed by atoms with Gasteiger partial charge in [0.1, 0.15) is 17.1 Å². The van der Waals surface area contributed by atoms with Gasteiger partial charge in [0.2, 0.25) is 0 Å². The van der Waals surface area contributed by atoms with Gasteiger partial charge < -0.3 is 9.15 Å². The van der Waals surface area contributed by atoms with Gasteiger partial charge in [-0.3, -0.25) is 0 Å². The molecule has 3 aromatic rings.